The molecule has 1 atom stereocenters. The fraction of sp³-hybridized carbons (Fsp3) is 0.400. The third-order valence-corrected chi connectivity index (χ3v) is 3.55. The van der Waals surface area contributed by atoms with Gasteiger partial charge in [0.2, 0.25) is 5.95 Å². The summed E-state index contributed by atoms with van der Waals surface area (Å²) in [7, 11) is 0. The van der Waals surface area contributed by atoms with E-state index in [9.17, 15) is 0 Å². The van der Waals surface area contributed by atoms with Gasteiger partial charge in [-0.2, -0.15) is 0 Å². The number of nitrogens with zero attached hydrogens (tertiary/aromatic N) is 3. The first-order valence-electron chi connectivity index (χ1n) is 7.12. The Morgan fingerprint density at radius 2 is 2.10 bits per heavy atom. The lowest BCUT2D eigenvalue weighted by molar-refractivity contribution is 0.573. The Morgan fingerprint density at radius 1 is 1.20 bits per heavy atom. The highest BCUT2D eigenvalue weighted by Crippen LogP contribution is 2.14. The molecule has 2 aromatic rings. The number of hydrogen-bond donors (Lipinski definition) is 2. The number of pyridine rings is 1. The molecule has 1 aliphatic rings. The summed E-state index contributed by atoms with van der Waals surface area (Å²) in [6.45, 7) is 2.06. The van der Waals surface area contributed by atoms with Crippen molar-refractivity contribution in [2.45, 2.75) is 25.3 Å². The van der Waals surface area contributed by atoms with E-state index in [0.717, 1.165) is 30.8 Å². The van der Waals surface area contributed by atoms with E-state index in [-0.39, 0.29) is 0 Å². The fourth-order valence-electron chi connectivity index (χ4n) is 2.45. The zero-order valence-corrected chi connectivity index (χ0v) is 11.4. The summed E-state index contributed by atoms with van der Waals surface area (Å²) in [6, 6.07) is 6.47. The number of nitrogens with one attached hydrogen (secondary N) is 2. The Hall–Kier alpha value is -2.01. The lowest BCUT2D eigenvalue weighted by Gasteiger charge is -2.10. The van der Waals surface area contributed by atoms with Gasteiger partial charge in [-0.25, -0.2) is 9.97 Å². The molecule has 1 fully saturated rings. The summed E-state index contributed by atoms with van der Waals surface area (Å²) in [4.78, 5) is 13.0. The summed E-state index contributed by atoms with van der Waals surface area (Å²) in [6.07, 6.45) is 9.08. The fourth-order valence-corrected chi connectivity index (χ4v) is 2.45. The minimum atomic E-state index is 0.648. The molecule has 0 aromatic carbocycles. The molecule has 5 nitrogen and oxygen atoms in total. The first-order valence-corrected chi connectivity index (χ1v) is 7.12. The van der Waals surface area contributed by atoms with Crippen LogP contribution in [0.25, 0.3) is 11.3 Å². The predicted molar refractivity (Wildman–Crippen MR) is 79.4 cm³/mol. The highest BCUT2D eigenvalue weighted by Gasteiger charge is 2.13. The monoisotopic (exact) mass is 269 g/mol. The van der Waals surface area contributed by atoms with Gasteiger partial charge in [0.25, 0.3) is 0 Å². The van der Waals surface area contributed by atoms with Crippen LogP contribution in [0.4, 0.5) is 5.95 Å². The van der Waals surface area contributed by atoms with E-state index in [1.807, 2.05) is 30.6 Å². The molecule has 2 aromatic heterocycles. The van der Waals surface area contributed by atoms with Crippen molar-refractivity contribution in [1.82, 2.24) is 20.3 Å². The Morgan fingerprint density at radius 3 is 2.80 bits per heavy atom. The highest BCUT2D eigenvalue weighted by molar-refractivity contribution is 5.56. The number of anilines is 1. The van der Waals surface area contributed by atoms with E-state index in [4.69, 9.17) is 0 Å². The molecule has 0 spiro atoms. The van der Waals surface area contributed by atoms with Gasteiger partial charge in [-0.1, -0.05) is 6.07 Å². The third kappa shape index (κ3) is 3.30. The molecule has 0 radical (unpaired) electrons. The summed E-state index contributed by atoms with van der Waals surface area (Å²) in [5.74, 6) is 0.683. The van der Waals surface area contributed by atoms with Crippen molar-refractivity contribution in [2.75, 3.05) is 18.4 Å². The van der Waals surface area contributed by atoms with Crippen LogP contribution in [0.3, 0.4) is 0 Å². The number of rotatable bonds is 5. The van der Waals surface area contributed by atoms with Crippen molar-refractivity contribution in [3.8, 4) is 11.3 Å². The number of aromatic nitrogens is 3. The van der Waals surface area contributed by atoms with Gasteiger partial charge in [0, 0.05) is 36.7 Å². The van der Waals surface area contributed by atoms with Crippen molar-refractivity contribution >= 4 is 5.95 Å². The molecular formula is C15H19N5. The molecule has 3 heterocycles. The second kappa shape index (κ2) is 6.43. The van der Waals surface area contributed by atoms with Gasteiger partial charge < -0.3 is 10.6 Å². The van der Waals surface area contributed by atoms with Gasteiger partial charge >= 0.3 is 0 Å². The van der Waals surface area contributed by atoms with Gasteiger partial charge in [-0.3, -0.25) is 4.98 Å². The first kappa shape index (κ1) is 13.0. The summed E-state index contributed by atoms with van der Waals surface area (Å²) in [5.41, 5.74) is 1.84. The molecular weight excluding hydrogens is 250 g/mol. The molecule has 0 bridgehead atoms. The third-order valence-electron chi connectivity index (χ3n) is 3.55. The lowest BCUT2D eigenvalue weighted by Crippen LogP contribution is -2.24. The second-order valence-corrected chi connectivity index (χ2v) is 5.02. The van der Waals surface area contributed by atoms with Crippen LogP contribution in [0.15, 0.2) is 36.8 Å². The number of hydrogen-bond acceptors (Lipinski definition) is 5. The molecule has 20 heavy (non-hydrogen) atoms. The van der Waals surface area contributed by atoms with Crippen LogP contribution in [0, 0.1) is 0 Å². The van der Waals surface area contributed by atoms with Crippen molar-refractivity contribution in [1.29, 1.82) is 0 Å². The van der Waals surface area contributed by atoms with Crippen LogP contribution in [0.1, 0.15) is 19.3 Å². The lowest BCUT2D eigenvalue weighted by atomic mass is 10.1. The van der Waals surface area contributed by atoms with Crippen LogP contribution in [-0.4, -0.2) is 34.1 Å². The van der Waals surface area contributed by atoms with E-state index in [1.165, 1.54) is 12.8 Å². The van der Waals surface area contributed by atoms with Gasteiger partial charge in [-0.15, -0.1) is 0 Å². The molecule has 0 amide bonds. The maximum Gasteiger partial charge on any atom is 0.222 e. The van der Waals surface area contributed by atoms with Crippen LogP contribution >= 0.6 is 0 Å². The van der Waals surface area contributed by atoms with Crippen LogP contribution in [0.2, 0.25) is 0 Å². The van der Waals surface area contributed by atoms with Crippen molar-refractivity contribution in [3.63, 3.8) is 0 Å². The molecule has 5 heteroatoms. The van der Waals surface area contributed by atoms with Crippen molar-refractivity contribution in [3.05, 3.63) is 36.8 Å². The van der Waals surface area contributed by atoms with E-state index in [0.29, 0.717) is 12.0 Å². The van der Waals surface area contributed by atoms with E-state index >= 15 is 0 Å². The average molecular weight is 269 g/mol. The smallest absolute Gasteiger partial charge is 0.222 e. The molecule has 1 unspecified atom stereocenters. The first-order chi connectivity index (χ1) is 9.92. The summed E-state index contributed by atoms with van der Waals surface area (Å²) < 4.78 is 0. The van der Waals surface area contributed by atoms with E-state index in [2.05, 4.69) is 25.6 Å². The predicted octanol–water partition coefficient (Wildman–Crippen LogP) is 2.09. The van der Waals surface area contributed by atoms with Crippen LogP contribution in [-0.2, 0) is 0 Å². The summed E-state index contributed by atoms with van der Waals surface area (Å²) in [5, 5.41) is 6.75. The topological polar surface area (TPSA) is 62.7 Å². The maximum absolute atomic E-state index is 4.34. The molecule has 0 aliphatic carbocycles. The van der Waals surface area contributed by atoms with Gasteiger partial charge in [-0.05, 0) is 37.9 Å². The minimum Gasteiger partial charge on any atom is -0.354 e. The van der Waals surface area contributed by atoms with Crippen LogP contribution < -0.4 is 10.6 Å². The molecule has 104 valence electrons. The molecule has 2 N–H and O–H groups in total. The van der Waals surface area contributed by atoms with Crippen LogP contribution in [0.5, 0.6) is 0 Å². The Kier molecular flexibility index (Phi) is 4.18. The zero-order chi connectivity index (χ0) is 13.6. The molecule has 1 aliphatic heterocycles. The largest absolute Gasteiger partial charge is 0.354 e. The molecule has 1 saturated heterocycles. The Labute approximate surface area is 118 Å². The van der Waals surface area contributed by atoms with Gasteiger partial charge in [0.1, 0.15) is 0 Å². The molecule has 0 saturated carbocycles. The normalized spacial score (nSPS) is 18.1. The van der Waals surface area contributed by atoms with E-state index < -0.39 is 0 Å². The van der Waals surface area contributed by atoms with Gasteiger partial charge in [0.05, 0.1) is 5.69 Å². The average Bonchev–Trinajstić information content (AvgIpc) is 3.02. The molecule has 3 rings (SSSR count). The highest BCUT2D eigenvalue weighted by atomic mass is 15.1. The maximum atomic E-state index is 4.34. The minimum absolute atomic E-state index is 0.648. The van der Waals surface area contributed by atoms with Crippen molar-refractivity contribution in [2.24, 2.45) is 0 Å². The Bertz CT molecular complexity index is 520. The summed E-state index contributed by atoms with van der Waals surface area (Å²) >= 11 is 0. The second-order valence-electron chi connectivity index (χ2n) is 5.02. The van der Waals surface area contributed by atoms with Crippen molar-refractivity contribution < 1.29 is 0 Å². The SMILES string of the molecule is c1ccc(-c2cnc(NCCC3CCCN3)nc2)nc1. The Balaban J connectivity index is 1.53. The quantitative estimate of drug-likeness (QED) is 0.870. The van der Waals surface area contributed by atoms with E-state index in [1.54, 1.807) is 6.20 Å². The van der Waals surface area contributed by atoms with Gasteiger partial charge in [0.15, 0.2) is 0 Å². The zero-order valence-electron chi connectivity index (χ0n) is 11.4. The standard InChI is InChI=1S/C15H19N5/c1-2-7-17-14(5-1)12-10-19-15(20-11-12)18-9-6-13-4-3-8-16-13/h1-2,5,7,10-11,13,16H,3-4,6,8-9H2,(H,18,19,20).